The first-order valence-corrected chi connectivity index (χ1v) is 9.84. The minimum atomic E-state index is -0.0483. The minimum Gasteiger partial charge on any atom is -0.326 e. The summed E-state index contributed by atoms with van der Waals surface area (Å²) in [5, 5.41) is 5.86. The number of benzene rings is 1. The van der Waals surface area contributed by atoms with E-state index in [0.29, 0.717) is 0 Å². The molecule has 2 aliphatic rings. The predicted octanol–water partition coefficient (Wildman–Crippen LogP) is 4.62. The van der Waals surface area contributed by atoms with Crippen LogP contribution in [0.15, 0.2) is 30.3 Å². The first-order chi connectivity index (χ1) is 12.2. The Hall–Kier alpha value is -2.14. The monoisotopic (exact) mass is 354 g/mol. The number of aryl methyl sites for hydroxylation is 2. The molecule has 25 heavy (non-hydrogen) atoms. The summed E-state index contributed by atoms with van der Waals surface area (Å²) in [5.74, 6) is 0.234. The third-order valence-electron chi connectivity index (χ3n) is 4.83. The van der Waals surface area contributed by atoms with Gasteiger partial charge in [0.25, 0.3) is 5.91 Å². The molecule has 4 nitrogen and oxygen atoms in total. The summed E-state index contributed by atoms with van der Waals surface area (Å²) in [6, 6.07) is 9.39. The largest absolute Gasteiger partial charge is 0.326 e. The molecule has 2 aliphatic carbocycles. The molecule has 1 aromatic carbocycles. The summed E-state index contributed by atoms with van der Waals surface area (Å²) in [5.41, 5.74) is 2.88. The zero-order valence-corrected chi connectivity index (χ0v) is 15.0. The highest BCUT2D eigenvalue weighted by Crippen LogP contribution is 2.31. The van der Waals surface area contributed by atoms with Gasteiger partial charge in [0.1, 0.15) is 0 Å². The number of amides is 2. The number of thiophene rings is 1. The molecule has 2 aromatic rings. The molecule has 4 rings (SSSR count). The molecule has 1 heterocycles. The van der Waals surface area contributed by atoms with Crippen LogP contribution in [0.5, 0.6) is 0 Å². The van der Waals surface area contributed by atoms with Gasteiger partial charge in [0.05, 0.1) is 4.88 Å². The van der Waals surface area contributed by atoms with Crippen molar-refractivity contribution in [2.45, 2.75) is 44.9 Å². The van der Waals surface area contributed by atoms with Crippen molar-refractivity contribution in [1.29, 1.82) is 0 Å². The number of carbonyl (C=O) groups is 2. The summed E-state index contributed by atoms with van der Waals surface area (Å²) in [4.78, 5) is 26.4. The van der Waals surface area contributed by atoms with Crippen LogP contribution in [0.2, 0.25) is 0 Å². The summed E-state index contributed by atoms with van der Waals surface area (Å²) >= 11 is 1.63. The number of nitrogens with one attached hydrogen (secondary N) is 2. The van der Waals surface area contributed by atoms with Gasteiger partial charge in [0, 0.05) is 22.2 Å². The van der Waals surface area contributed by atoms with Crippen molar-refractivity contribution in [2.24, 2.45) is 5.92 Å². The Balaban J connectivity index is 1.39. The molecule has 1 fully saturated rings. The Labute approximate surface area is 151 Å². The van der Waals surface area contributed by atoms with E-state index in [1.807, 2.05) is 24.3 Å². The molecular formula is C20H22N2O2S. The van der Waals surface area contributed by atoms with Crippen molar-refractivity contribution in [3.63, 3.8) is 0 Å². The Morgan fingerprint density at radius 1 is 0.920 bits per heavy atom. The van der Waals surface area contributed by atoms with Crippen LogP contribution in [-0.4, -0.2) is 11.8 Å². The van der Waals surface area contributed by atoms with Crippen LogP contribution in [0.1, 0.15) is 52.2 Å². The molecule has 1 saturated carbocycles. The van der Waals surface area contributed by atoms with Gasteiger partial charge in [-0.2, -0.15) is 0 Å². The topological polar surface area (TPSA) is 58.2 Å². The molecule has 2 N–H and O–H groups in total. The lowest BCUT2D eigenvalue weighted by molar-refractivity contribution is -0.117. The van der Waals surface area contributed by atoms with Gasteiger partial charge in [0.2, 0.25) is 5.91 Å². The van der Waals surface area contributed by atoms with Crippen LogP contribution < -0.4 is 10.6 Å². The number of hydrogen-bond acceptors (Lipinski definition) is 3. The van der Waals surface area contributed by atoms with Gasteiger partial charge < -0.3 is 10.6 Å². The number of fused-ring (bicyclic) bond motifs is 1. The van der Waals surface area contributed by atoms with Crippen LogP contribution in [0.3, 0.4) is 0 Å². The number of anilines is 2. The molecule has 5 heteroatoms. The van der Waals surface area contributed by atoms with E-state index in [2.05, 4.69) is 16.7 Å². The lowest BCUT2D eigenvalue weighted by atomic mass is 10.1. The summed E-state index contributed by atoms with van der Waals surface area (Å²) in [7, 11) is 0. The van der Waals surface area contributed by atoms with Crippen LogP contribution in [0, 0.1) is 5.92 Å². The van der Waals surface area contributed by atoms with E-state index in [-0.39, 0.29) is 17.7 Å². The molecule has 0 unspecified atom stereocenters. The molecule has 1 aromatic heterocycles. The molecule has 0 bridgehead atoms. The van der Waals surface area contributed by atoms with Crippen LogP contribution in [-0.2, 0) is 17.6 Å². The second-order valence-corrected chi connectivity index (χ2v) is 8.05. The second-order valence-electron chi connectivity index (χ2n) is 6.91. The minimum absolute atomic E-state index is 0.0483. The van der Waals surface area contributed by atoms with Crippen molar-refractivity contribution in [3.05, 3.63) is 45.6 Å². The summed E-state index contributed by atoms with van der Waals surface area (Å²) < 4.78 is 0. The fourth-order valence-electron chi connectivity index (χ4n) is 3.20. The summed E-state index contributed by atoms with van der Waals surface area (Å²) in [6.07, 6.45) is 7.90. The first-order valence-electron chi connectivity index (χ1n) is 9.03. The van der Waals surface area contributed by atoms with E-state index in [9.17, 15) is 9.59 Å². The van der Waals surface area contributed by atoms with Crippen molar-refractivity contribution in [3.8, 4) is 0 Å². The van der Waals surface area contributed by atoms with E-state index in [1.54, 1.807) is 11.3 Å². The fourth-order valence-corrected chi connectivity index (χ4v) is 4.35. The van der Waals surface area contributed by atoms with Gasteiger partial charge in [-0.3, -0.25) is 9.59 Å². The Morgan fingerprint density at radius 3 is 2.32 bits per heavy atom. The maximum absolute atomic E-state index is 12.5. The van der Waals surface area contributed by atoms with E-state index in [4.69, 9.17) is 0 Å². The Bertz CT molecular complexity index is 767. The average Bonchev–Trinajstić information content (AvgIpc) is 3.41. The first kappa shape index (κ1) is 16.3. The third kappa shape index (κ3) is 3.93. The SMILES string of the molecule is O=C(Nc1ccc(NC(=O)C2CC2)cc1)c1cc2c(s1)CCCCC2. The van der Waals surface area contributed by atoms with Gasteiger partial charge in [-0.1, -0.05) is 6.42 Å². The van der Waals surface area contributed by atoms with Gasteiger partial charge in [-0.05, 0) is 74.4 Å². The van der Waals surface area contributed by atoms with E-state index < -0.39 is 0 Å². The van der Waals surface area contributed by atoms with Crippen LogP contribution in [0.4, 0.5) is 11.4 Å². The molecule has 0 aliphatic heterocycles. The maximum Gasteiger partial charge on any atom is 0.265 e. The smallest absolute Gasteiger partial charge is 0.265 e. The second kappa shape index (κ2) is 7.00. The normalized spacial score (nSPS) is 16.6. The number of rotatable bonds is 4. The van der Waals surface area contributed by atoms with E-state index >= 15 is 0 Å². The van der Waals surface area contributed by atoms with Crippen molar-refractivity contribution in [1.82, 2.24) is 0 Å². The lowest BCUT2D eigenvalue weighted by Crippen LogP contribution is -2.13. The maximum atomic E-state index is 12.5. The lowest BCUT2D eigenvalue weighted by Gasteiger charge is -2.07. The number of carbonyl (C=O) groups excluding carboxylic acids is 2. The number of hydrogen-bond donors (Lipinski definition) is 2. The zero-order chi connectivity index (χ0) is 17.2. The van der Waals surface area contributed by atoms with E-state index in [1.165, 1.54) is 29.7 Å². The highest BCUT2D eigenvalue weighted by molar-refractivity contribution is 7.14. The van der Waals surface area contributed by atoms with Crippen molar-refractivity contribution < 1.29 is 9.59 Å². The van der Waals surface area contributed by atoms with Gasteiger partial charge >= 0.3 is 0 Å². The van der Waals surface area contributed by atoms with Gasteiger partial charge in [-0.25, -0.2) is 0 Å². The summed E-state index contributed by atoms with van der Waals surface area (Å²) in [6.45, 7) is 0. The molecule has 0 saturated heterocycles. The van der Waals surface area contributed by atoms with Gasteiger partial charge in [0.15, 0.2) is 0 Å². The average molecular weight is 354 g/mol. The van der Waals surface area contributed by atoms with Crippen LogP contribution in [0.25, 0.3) is 0 Å². The Morgan fingerprint density at radius 2 is 1.60 bits per heavy atom. The highest BCUT2D eigenvalue weighted by Gasteiger charge is 2.29. The van der Waals surface area contributed by atoms with E-state index in [0.717, 1.165) is 41.9 Å². The van der Waals surface area contributed by atoms with Crippen LogP contribution >= 0.6 is 11.3 Å². The standard InChI is InChI=1S/C20H22N2O2S/c23-19(13-6-7-13)21-15-8-10-16(11-9-15)22-20(24)18-12-14-4-2-1-3-5-17(14)25-18/h8-13H,1-7H2,(H,21,23)(H,22,24). The predicted molar refractivity (Wildman–Crippen MR) is 101 cm³/mol. The molecule has 2 amide bonds. The van der Waals surface area contributed by atoms with Crippen molar-refractivity contribution in [2.75, 3.05) is 10.6 Å². The fraction of sp³-hybridized carbons (Fsp3) is 0.400. The highest BCUT2D eigenvalue weighted by atomic mass is 32.1. The molecule has 0 spiro atoms. The van der Waals surface area contributed by atoms with Crippen molar-refractivity contribution >= 4 is 34.5 Å². The molecule has 130 valence electrons. The molecular weight excluding hydrogens is 332 g/mol. The third-order valence-corrected chi connectivity index (χ3v) is 6.06. The molecule has 0 atom stereocenters. The molecule has 0 radical (unpaired) electrons. The van der Waals surface area contributed by atoms with Gasteiger partial charge in [-0.15, -0.1) is 11.3 Å². The zero-order valence-electron chi connectivity index (χ0n) is 14.1. The Kier molecular flexibility index (Phi) is 4.57. The quantitative estimate of drug-likeness (QED) is 0.787.